The molecule has 1 heterocycles. The van der Waals surface area contributed by atoms with Crippen molar-refractivity contribution in [2.45, 2.75) is 50.4 Å². The summed E-state index contributed by atoms with van der Waals surface area (Å²) in [5, 5.41) is 31.7. The first kappa shape index (κ1) is 15.6. The minimum absolute atomic E-state index is 0.0121. The molecule has 1 unspecified atom stereocenters. The number of fused-ring (bicyclic) bond motifs is 6. The predicted octanol–water partition coefficient (Wildman–Crippen LogP) is 1.03. The summed E-state index contributed by atoms with van der Waals surface area (Å²) in [6.07, 6.45) is 2.14. The maximum Gasteiger partial charge on any atom is 0.315 e. The van der Waals surface area contributed by atoms with E-state index in [1.165, 1.54) is 0 Å². The van der Waals surface area contributed by atoms with Crippen LogP contribution in [0.15, 0.2) is 23.8 Å². The van der Waals surface area contributed by atoms with Gasteiger partial charge in [-0.05, 0) is 55.6 Å². The van der Waals surface area contributed by atoms with Gasteiger partial charge in [-0.3, -0.25) is 9.59 Å². The molecule has 6 nitrogen and oxygen atoms in total. The Bertz CT molecular complexity index is 770. The van der Waals surface area contributed by atoms with Crippen molar-refractivity contribution in [3.8, 4) is 0 Å². The molecule has 3 saturated carbocycles. The fraction of sp³-hybridized carbons (Fsp3) is 0.684. The molecule has 3 N–H and O–H groups in total. The number of carbonyl (C=O) groups excluding carboxylic acids is 1. The van der Waals surface area contributed by atoms with Crippen LogP contribution in [0.4, 0.5) is 0 Å². The van der Waals surface area contributed by atoms with Gasteiger partial charge >= 0.3 is 11.9 Å². The van der Waals surface area contributed by atoms with E-state index in [4.69, 9.17) is 4.74 Å². The maximum atomic E-state index is 12.6. The smallest absolute Gasteiger partial charge is 0.315 e. The Hall–Kier alpha value is -1.66. The van der Waals surface area contributed by atoms with E-state index in [1.54, 1.807) is 13.0 Å². The summed E-state index contributed by atoms with van der Waals surface area (Å²) in [5.74, 6) is -2.92. The summed E-state index contributed by atoms with van der Waals surface area (Å²) < 4.78 is 5.34. The molecular formula is C19H22O6. The van der Waals surface area contributed by atoms with Gasteiger partial charge in [0.25, 0.3) is 0 Å². The van der Waals surface area contributed by atoms with Gasteiger partial charge in [-0.15, -0.1) is 0 Å². The monoisotopic (exact) mass is 346 g/mol. The summed E-state index contributed by atoms with van der Waals surface area (Å²) in [6, 6.07) is 0. The minimum atomic E-state index is -1.24. The molecule has 134 valence electrons. The molecular weight excluding hydrogens is 324 g/mol. The molecule has 0 aromatic rings. The zero-order valence-corrected chi connectivity index (χ0v) is 14.1. The van der Waals surface area contributed by atoms with E-state index in [2.05, 4.69) is 6.58 Å². The number of rotatable bonds is 1. The van der Waals surface area contributed by atoms with Crippen molar-refractivity contribution in [1.82, 2.24) is 0 Å². The average Bonchev–Trinajstić information content (AvgIpc) is 2.96. The van der Waals surface area contributed by atoms with E-state index in [9.17, 15) is 24.9 Å². The summed E-state index contributed by atoms with van der Waals surface area (Å²) in [6.45, 7) is 5.66. The lowest BCUT2D eigenvalue weighted by Crippen LogP contribution is -2.50. The lowest BCUT2D eigenvalue weighted by atomic mass is 9.61. The highest BCUT2D eigenvalue weighted by molar-refractivity contribution is 5.85. The van der Waals surface area contributed by atoms with E-state index < -0.39 is 52.4 Å². The van der Waals surface area contributed by atoms with Gasteiger partial charge in [0.05, 0.1) is 11.5 Å². The minimum Gasteiger partial charge on any atom is -0.481 e. The van der Waals surface area contributed by atoms with E-state index in [0.717, 1.165) is 5.57 Å². The van der Waals surface area contributed by atoms with Crippen molar-refractivity contribution in [2.24, 2.45) is 28.6 Å². The van der Waals surface area contributed by atoms with Gasteiger partial charge in [-0.2, -0.15) is 0 Å². The van der Waals surface area contributed by atoms with Crippen LogP contribution in [0, 0.1) is 28.6 Å². The third kappa shape index (κ3) is 1.47. The molecule has 4 fully saturated rings. The Labute approximate surface area is 145 Å². The van der Waals surface area contributed by atoms with Crippen LogP contribution in [0.2, 0.25) is 0 Å². The van der Waals surface area contributed by atoms with Gasteiger partial charge in [-0.25, -0.2) is 0 Å². The van der Waals surface area contributed by atoms with Crippen molar-refractivity contribution >= 4 is 11.9 Å². The quantitative estimate of drug-likeness (QED) is 0.484. The number of aliphatic hydroxyl groups is 2. The van der Waals surface area contributed by atoms with E-state index >= 15 is 0 Å². The molecule has 1 aliphatic heterocycles. The van der Waals surface area contributed by atoms with Crippen molar-refractivity contribution in [2.75, 3.05) is 0 Å². The fourth-order valence-corrected chi connectivity index (χ4v) is 6.86. The molecule has 5 rings (SSSR count). The first-order valence-corrected chi connectivity index (χ1v) is 8.89. The Morgan fingerprint density at radius 3 is 2.84 bits per heavy atom. The SMILES string of the molecule is C=C1C[C@]23C[C@@]1(O)CC[C@H]2C1=CC2OC(=O)[C@@](C)([C@H]1[C@@H]3C(=O)O)[C@H]2O. The molecule has 0 amide bonds. The Morgan fingerprint density at radius 2 is 2.16 bits per heavy atom. The van der Waals surface area contributed by atoms with Crippen LogP contribution in [0.1, 0.15) is 32.6 Å². The largest absolute Gasteiger partial charge is 0.481 e. The number of aliphatic hydroxyl groups excluding tert-OH is 1. The van der Waals surface area contributed by atoms with Gasteiger partial charge in [0.2, 0.25) is 0 Å². The highest BCUT2D eigenvalue weighted by Crippen LogP contribution is 2.74. The summed E-state index contributed by atoms with van der Waals surface area (Å²) in [4.78, 5) is 24.9. The van der Waals surface area contributed by atoms with Crippen molar-refractivity contribution in [1.29, 1.82) is 0 Å². The van der Waals surface area contributed by atoms with Crippen molar-refractivity contribution in [3.63, 3.8) is 0 Å². The number of esters is 1. The highest BCUT2D eigenvalue weighted by atomic mass is 16.6. The number of carboxylic acid groups (broad SMARTS) is 1. The van der Waals surface area contributed by atoms with Crippen LogP contribution >= 0.6 is 0 Å². The van der Waals surface area contributed by atoms with Gasteiger partial charge in [-0.1, -0.05) is 12.2 Å². The Morgan fingerprint density at radius 1 is 1.44 bits per heavy atom. The maximum absolute atomic E-state index is 12.6. The lowest BCUT2D eigenvalue weighted by Gasteiger charge is -2.41. The Balaban J connectivity index is 1.75. The standard InChI is InChI=1S/C19H22O6/c1-8-6-18-7-19(8,24)4-3-10(18)9-5-11-14(20)17(2,16(23)25-11)12(9)13(18)15(21)22/h5,10-14,20,24H,1,3-4,6-7H2,2H3,(H,21,22)/t10-,11?,12+,13+,14-,17-,18-,19-/m0/s1. The third-order valence-electron chi connectivity index (χ3n) is 7.95. The molecule has 1 spiro atoms. The molecule has 0 aromatic heterocycles. The second-order valence-electron chi connectivity index (χ2n) is 8.87. The number of carbonyl (C=O) groups is 2. The van der Waals surface area contributed by atoms with Crippen LogP contribution in [0.3, 0.4) is 0 Å². The molecule has 8 atom stereocenters. The fourth-order valence-electron chi connectivity index (χ4n) is 6.86. The molecule has 4 bridgehead atoms. The summed E-state index contributed by atoms with van der Waals surface area (Å²) in [7, 11) is 0. The van der Waals surface area contributed by atoms with Crippen molar-refractivity contribution in [3.05, 3.63) is 23.8 Å². The lowest BCUT2D eigenvalue weighted by molar-refractivity contribution is -0.157. The number of carboxylic acids is 1. The molecule has 0 aromatic carbocycles. The normalized spacial score (nSPS) is 55.5. The number of hydrogen-bond donors (Lipinski definition) is 3. The Kier molecular flexibility index (Phi) is 2.60. The number of aliphatic carboxylic acids is 1. The topological polar surface area (TPSA) is 104 Å². The van der Waals surface area contributed by atoms with Crippen LogP contribution in [-0.4, -0.2) is 45.1 Å². The molecule has 1 saturated heterocycles. The molecule has 0 radical (unpaired) electrons. The molecule has 5 aliphatic rings. The third-order valence-corrected chi connectivity index (χ3v) is 7.95. The van der Waals surface area contributed by atoms with E-state index in [0.29, 0.717) is 31.3 Å². The first-order chi connectivity index (χ1) is 11.6. The second-order valence-corrected chi connectivity index (χ2v) is 8.87. The van der Waals surface area contributed by atoms with Gasteiger partial charge in [0.1, 0.15) is 17.6 Å². The first-order valence-electron chi connectivity index (χ1n) is 8.89. The average molecular weight is 346 g/mol. The van der Waals surface area contributed by atoms with Crippen molar-refractivity contribution < 1.29 is 29.6 Å². The van der Waals surface area contributed by atoms with Crippen LogP contribution < -0.4 is 0 Å². The van der Waals surface area contributed by atoms with Crippen LogP contribution in [0.5, 0.6) is 0 Å². The van der Waals surface area contributed by atoms with Gasteiger partial charge in [0.15, 0.2) is 0 Å². The highest BCUT2D eigenvalue weighted by Gasteiger charge is 2.75. The van der Waals surface area contributed by atoms with Crippen LogP contribution in [-0.2, 0) is 14.3 Å². The second kappa shape index (κ2) is 4.18. The molecule has 25 heavy (non-hydrogen) atoms. The zero-order chi connectivity index (χ0) is 17.9. The van der Waals surface area contributed by atoms with Crippen LogP contribution in [0.25, 0.3) is 0 Å². The number of ether oxygens (including phenoxy) is 1. The summed E-state index contributed by atoms with van der Waals surface area (Å²) in [5.41, 5.74) is -1.23. The number of hydrogen-bond acceptors (Lipinski definition) is 5. The number of allylic oxidation sites excluding steroid dienone is 1. The summed E-state index contributed by atoms with van der Waals surface area (Å²) >= 11 is 0. The predicted molar refractivity (Wildman–Crippen MR) is 85.2 cm³/mol. The van der Waals surface area contributed by atoms with Gasteiger partial charge < -0.3 is 20.1 Å². The zero-order valence-electron chi connectivity index (χ0n) is 14.1. The van der Waals surface area contributed by atoms with E-state index in [1.807, 2.05) is 0 Å². The molecule has 6 heteroatoms. The molecule has 4 aliphatic carbocycles. The van der Waals surface area contributed by atoms with Gasteiger partial charge in [0, 0.05) is 5.92 Å². The van der Waals surface area contributed by atoms with E-state index in [-0.39, 0.29) is 5.92 Å².